The van der Waals surface area contributed by atoms with Crippen LogP contribution in [0.25, 0.3) is 22.0 Å². The van der Waals surface area contributed by atoms with Gasteiger partial charge >= 0.3 is 0 Å². The Kier molecular flexibility index (Phi) is 5.47. The molecule has 4 rings (SSSR count). The number of aliphatic hydroxyl groups excluding tert-OH is 1. The molecule has 0 aliphatic rings. The molecule has 0 fully saturated rings. The first-order chi connectivity index (χ1) is 14.1. The second kappa shape index (κ2) is 8.19. The van der Waals surface area contributed by atoms with Crippen molar-refractivity contribution in [2.75, 3.05) is 5.32 Å². The van der Waals surface area contributed by atoms with Gasteiger partial charge in [-0.1, -0.05) is 60.1 Å². The number of fused-ring (bicyclic) bond motifs is 1. The van der Waals surface area contributed by atoms with Crippen LogP contribution in [0.4, 0.5) is 10.1 Å². The van der Waals surface area contributed by atoms with Gasteiger partial charge in [-0.05, 0) is 41.8 Å². The minimum Gasteiger partial charge on any atom is -0.392 e. The van der Waals surface area contributed by atoms with Crippen molar-refractivity contribution in [3.8, 4) is 11.1 Å². The summed E-state index contributed by atoms with van der Waals surface area (Å²) in [7, 11) is 0. The molecule has 0 radical (unpaired) electrons. The summed E-state index contributed by atoms with van der Waals surface area (Å²) in [5, 5.41) is 14.0. The molecule has 0 spiro atoms. The molecule has 0 unspecified atom stereocenters. The van der Waals surface area contributed by atoms with E-state index in [4.69, 9.17) is 11.6 Å². The number of rotatable bonds is 5. The number of nitrogens with one attached hydrogen (secondary N) is 1. The molecule has 1 atom stereocenters. The first kappa shape index (κ1) is 19.4. The Morgan fingerprint density at radius 3 is 2.48 bits per heavy atom. The summed E-state index contributed by atoms with van der Waals surface area (Å²) in [5.41, 5.74) is 4.99. The minimum atomic E-state index is -0.271. The Morgan fingerprint density at radius 2 is 1.76 bits per heavy atom. The molecule has 0 bridgehead atoms. The number of hydrogen-bond acceptors (Lipinski definition) is 3. The van der Waals surface area contributed by atoms with Gasteiger partial charge in [-0.25, -0.2) is 4.39 Å². The molecule has 0 saturated heterocycles. The van der Waals surface area contributed by atoms with Crippen molar-refractivity contribution in [1.82, 2.24) is 4.98 Å². The Morgan fingerprint density at radius 1 is 1.03 bits per heavy atom. The number of pyridine rings is 1. The van der Waals surface area contributed by atoms with Crippen LogP contribution >= 0.6 is 11.6 Å². The van der Waals surface area contributed by atoms with Gasteiger partial charge in [0.15, 0.2) is 0 Å². The molecule has 1 heterocycles. The van der Waals surface area contributed by atoms with Crippen LogP contribution in [0.5, 0.6) is 0 Å². The van der Waals surface area contributed by atoms with E-state index >= 15 is 0 Å². The molecule has 1 aromatic heterocycles. The highest BCUT2D eigenvalue weighted by molar-refractivity contribution is 6.34. The number of aliphatic hydroxyl groups is 1. The van der Waals surface area contributed by atoms with Crippen molar-refractivity contribution in [3.05, 3.63) is 94.9 Å². The Hall–Kier alpha value is -2.95. The molecule has 29 heavy (non-hydrogen) atoms. The van der Waals surface area contributed by atoms with Crippen LogP contribution in [-0.4, -0.2) is 10.1 Å². The van der Waals surface area contributed by atoms with Crippen LogP contribution in [0.1, 0.15) is 24.1 Å². The third-order valence-corrected chi connectivity index (χ3v) is 5.31. The molecule has 5 heteroatoms. The van der Waals surface area contributed by atoms with E-state index in [0.29, 0.717) is 10.6 Å². The zero-order chi connectivity index (χ0) is 20.4. The second-order valence-corrected chi connectivity index (χ2v) is 7.36. The molecule has 3 nitrogen and oxygen atoms in total. The highest BCUT2D eigenvalue weighted by Gasteiger charge is 2.15. The monoisotopic (exact) mass is 406 g/mol. The fourth-order valence-corrected chi connectivity index (χ4v) is 3.62. The molecule has 2 N–H and O–H groups in total. The normalized spacial score (nSPS) is 12.1. The van der Waals surface area contributed by atoms with Gasteiger partial charge in [-0.2, -0.15) is 0 Å². The third kappa shape index (κ3) is 3.95. The quantitative estimate of drug-likeness (QED) is 0.405. The van der Waals surface area contributed by atoms with Crippen molar-refractivity contribution >= 4 is 28.2 Å². The van der Waals surface area contributed by atoms with E-state index in [1.54, 1.807) is 18.3 Å². The van der Waals surface area contributed by atoms with Crippen LogP contribution in [0, 0.1) is 5.82 Å². The maximum Gasteiger partial charge on any atom is 0.128 e. The van der Waals surface area contributed by atoms with Crippen LogP contribution in [0.3, 0.4) is 0 Å². The summed E-state index contributed by atoms with van der Waals surface area (Å²) in [6, 6.07) is 20.1. The highest BCUT2D eigenvalue weighted by atomic mass is 35.5. The molecule has 0 aliphatic heterocycles. The predicted molar refractivity (Wildman–Crippen MR) is 117 cm³/mol. The average Bonchev–Trinajstić information content (AvgIpc) is 2.75. The third-order valence-electron chi connectivity index (χ3n) is 5.02. The van der Waals surface area contributed by atoms with E-state index in [1.807, 2.05) is 55.5 Å². The number of aromatic nitrogens is 1. The summed E-state index contributed by atoms with van der Waals surface area (Å²) in [4.78, 5) is 4.42. The molecule has 0 amide bonds. The summed E-state index contributed by atoms with van der Waals surface area (Å²) in [6.45, 7) is 1.91. The zero-order valence-corrected chi connectivity index (χ0v) is 16.6. The van der Waals surface area contributed by atoms with E-state index in [2.05, 4.69) is 10.3 Å². The largest absolute Gasteiger partial charge is 0.392 e. The number of nitrogens with zero attached hydrogens (tertiary/aromatic N) is 1. The standard InChI is InChI=1S/C24H20ClFN2O/c1-15(19-4-2-3-5-22(19)26)28-24-20-12-18(10-11-23(20)27-13-21(24)25)17-8-6-16(14-29)7-9-17/h2-13,15,29H,14H2,1H3,(H,27,28)/t15-/m1/s1. The first-order valence-electron chi connectivity index (χ1n) is 9.36. The zero-order valence-electron chi connectivity index (χ0n) is 15.9. The summed E-state index contributed by atoms with van der Waals surface area (Å²) in [6.07, 6.45) is 1.61. The molecule has 0 aliphatic carbocycles. The van der Waals surface area contributed by atoms with Gasteiger partial charge in [0, 0.05) is 17.1 Å². The molecule has 146 valence electrons. The Balaban J connectivity index is 1.76. The first-order valence-corrected chi connectivity index (χ1v) is 9.74. The van der Waals surface area contributed by atoms with Gasteiger partial charge in [0.2, 0.25) is 0 Å². The van der Waals surface area contributed by atoms with E-state index < -0.39 is 0 Å². The Bertz CT molecular complexity index is 1160. The van der Waals surface area contributed by atoms with Gasteiger partial charge in [0.1, 0.15) is 5.82 Å². The van der Waals surface area contributed by atoms with Crippen molar-refractivity contribution in [2.24, 2.45) is 0 Å². The number of hydrogen-bond donors (Lipinski definition) is 2. The number of benzene rings is 3. The van der Waals surface area contributed by atoms with Gasteiger partial charge in [0.25, 0.3) is 0 Å². The van der Waals surface area contributed by atoms with Crippen molar-refractivity contribution in [3.63, 3.8) is 0 Å². The maximum atomic E-state index is 14.2. The van der Waals surface area contributed by atoms with E-state index in [-0.39, 0.29) is 18.5 Å². The smallest absolute Gasteiger partial charge is 0.128 e. The lowest BCUT2D eigenvalue weighted by Crippen LogP contribution is -2.09. The van der Waals surface area contributed by atoms with E-state index in [0.717, 1.165) is 33.3 Å². The predicted octanol–water partition coefficient (Wildman–Crippen LogP) is 6.36. The van der Waals surface area contributed by atoms with Crippen molar-refractivity contribution in [1.29, 1.82) is 0 Å². The Labute approximate surface area is 173 Å². The second-order valence-electron chi connectivity index (χ2n) is 6.96. The summed E-state index contributed by atoms with van der Waals surface area (Å²) < 4.78 is 14.2. The number of halogens is 2. The SMILES string of the molecule is C[C@@H](Nc1c(Cl)cnc2ccc(-c3ccc(CO)cc3)cc12)c1ccccc1F. The molecular weight excluding hydrogens is 387 g/mol. The number of anilines is 1. The summed E-state index contributed by atoms with van der Waals surface area (Å²) in [5.74, 6) is -0.258. The maximum absolute atomic E-state index is 14.2. The fourth-order valence-electron chi connectivity index (χ4n) is 3.42. The van der Waals surface area contributed by atoms with Crippen LogP contribution in [0.2, 0.25) is 5.02 Å². The molecule has 0 saturated carbocycles. The van der Waals surface area contributed by atoms with Gasteiger partial charge in [0.05, 0.1) is 28.9 Å². The van der Waals surface area contributed by atoms with Crippen molar-refractivity contribution < 1.29 is 9.50 Å². The lowest BCUT2D eigenvalue weighted by atomic mass is 10.0. The topological polar surface area (TPSA) is 45.2 Å². The molecule has 3 aromatic carbocycles. The molecular formula is C24H20ClFN2O. The van der Waals surface area contributed by atoms with E-state index in [9.17, 15) is 9.50 Å². The van der Waals surface area contributed by atoms with Gasteiger partial charge in [-0.15, -0.1) is 0 Å². The van der Waals surface area contributed by atoms with Gasteiger partial charge in [-0.3, -0.25) is 4.98 Å². The van der Waals surface area contributed by atoms with Crippen LogP contribution < -0.4 is 5.32 Å². The van der Waals surface area contributed by atoms with Crippen LogP contribution in [-0.2, 0) is 6.61 Å². The van der Waals surface area contributed by atoms with Crippen LogP contribution in [0.15, 0.2) is 72.9 Å². The highest BCUT2D eigenvalue weighted by Crippen LogP contribution is 2.35. The average molecular weight is 407 g/mol. The fraction of sp³-hybridized carbons (Fsp3) is 0.125. The molecule has 4 aromatic rings. The lowest BCUT2D eigenvalue weighted by Gasteiger charge is -2.19. The van der Waals surface area contributed by atoms with Gasteiger partial charge < -0.3 is 10.4 Å². The lowest BCUT2D eigenvalue weighted by molar-refractivity contribution is 0.282. The van der Waals surface area contributed by atoms with E-state index in [1.165, 1.54) is 6.07 Å². The minimum absolute atomic E-state index is 0.0134. The summed E-state index contributed by atoms with van der Waals surface area (Å²) >= 11 is 6.47. The van der Waals surface area contributed by atoms with Crippen molar-refractivity contribution in [2.45, 2.75) is 19.6 Å².